The number of H-pyrrole nitrogens is 2. The van der Waals surface area contributed by atoms with Crippen LogP contribution >= 0.6 is 0 Å². The van der Waals surface area contributed by atoms with Crippen molar-refractivity contribution in [3.8, 4) is 11.5 Å². The summed E-state index contributed by atoms with van der Waals surface area (Å²) in [5, 5.41) is 27.4. The summed E-state index contributed by atoms with van der Waals surface area (Å²) >= 11 is 0. The van der Waals surface area contributed by atoms with Gasteiger partial charge < -0.3 is 40.7 Å². The van der Waals surface area contributed by atoms with Gasteiger partial charge in [-0.1, -0.05) is 62.4 Å². The average Bonchev–Trinajstić information content (AvgIpc) is 3.60. The van der Waals surface area contributed by atoms with E-state index in [1.165, 1.54) is 0 Å². The fourth-order valence-electron chi connectivity index (χ4n) is 5.03. The summed E-state index contributed by atoms with van der Waals surface area (Å²) in [5.74, 6) is 2.11. The number of para-hydroxylation sites is 2. The smallest absolute Gasteiger partial charge is 0.129 e. The number of aromatic amines is 2. The van der Waals surface area contributed by atoms with E-state index in [0.29, 0.717) is 18.5 Å². The van der Waals surface area contributed by atoms with Crippen LogP contribution in [0.3, 0.4) is 0 Å². The van der Waals surface area contributed by atoms with Crippen LogP contribution in [0.2, 0.25) is 0 Å². The molecule has 0 amide bonds. The Labute approximate surface area is 251 Å². The maximum atomic E-state index is 10.2. The summed E-state index contributed by atoms with van der Waals surface area (Å²) in [6.45, 7) is 7.67. The number of fused-ring (bicyclic) bond motifs is 6. The minimum Gasteiger partial charge on any atom is -0.490 e. The number of hydrogen-bond donors (Lipinski definition) is 6. The number of hydrogen-bond acceptors (Lipinski definition) is 6. The molecule has 6 rings (SSSR count). The first-order valence-electron chi connectivity index (χ1n) is 14.9. The Morgan fingerprint density at radius 1 is 0.651 bits per heavy atom. The lowest BCUT2D eigenvalue weighted by molar-refractivity contribution is 0.103. The van der Waals surface area contributed by atoms with Gasteiger partial charge in [-0.2, -0.15) is 0 Å². The SMILES string of the molecule is CC(C)C(C)NC[C@H](O)COc1cccc2[nH]c3ccccc3c12.NC[C@H](O)COc1cccc2[nH]c3ccccc3c12. The highest BCUT2D eigenvalue weighted by Crippen LogP contribution is 2.34. The van der Waals surface area contributed by atoms with Crippen LogP contribution in [0.5, 0.6) is 11.5 Å². The first kappa shape index (κ1) is 30.4. The van der Waals surface area contributed by atoms with E-state index in [2.05, 4.69) is 54.3 Å². The van der Waals surface area contributed by atoms with Gasteiger partial charge >= 0.3 is 0 Å². The second-order valence-corrected chi connectivity index (χ2v) is 11.3. The first-order chi connectivity index (χ1) is 20.9. The molecule has 0 radical (unpaired) electrons. The van der Waals surface area contributed by atoms with Crippen LogP contribution < -0.4 is 20.5 Å². The zero-order chi connectivity index (χ0) is 30.3. The summed E-state index contributed by atoms with van der Waals surface area (Å²) in [7, 11) is 0. The molecule has 0 bridgehead atoms. The lowest BCUT2D eigenvalue weighted by atomic mass is 10.1. The fraction of sp³-hybridized carbons (Fsp3) is 0.314. The number of aliphatic hydroxyl groups is 2. The molecule has 0 saturated heterocycles. The van der Waals surface area contributed by atoms with Crippen LogP contribution in [0.1, 0.15) is 20.8 Å². The molecule has 2 heterocycles. The van der Waals surface area contributed by atoms with Gasteiger partial charge in [0.1, 0.15) is 36.9 Å². The minimum absolute atomic E-state index is 0.198. The average molecular weight is 583 g/mol. The quantitative estimate of drug-likeness (QED) is 0.116. The van der Waals surface area contributed by atoms with Crippen LogP contribution in [-0.2, 0) is 0 Å². The Morgan fingerprint density at radius 3 is 1.60 bits per heavy atom. The third kappa shape index (κ3) is 7.12. The van der Waals surface area contributed by atoms with Gasteiger partial charge in [0.25, 0.3) is 0 Å². The molecule has 0 fully saturated rings. The van der Waals surface area contributed by atoms with Gasteiger partial charge in [-0.25, -0.2) is 0 Å². The number of nitrogens with one attached hydrogen (secondary N) is 3. The normalized spacial score (nSPS) is 13.7. The fourth-order valence-corrected chi connectivity index (χ4v) is 5.03. The van der Waals surface area contributed by atoms with Gasteiger partial charge in [0.15, 0.2) is 0 Å². The van der Waals surface area contributed by atoms with E-state index in [9.17, 15) is 10.2 Å². The standard InChI is InChI=1S/C20H26N2O2.C15H16N2O2/c1-13(2)14(3)21-11-15(23)12-24-19-10-6-9-18-20(19)16-7-4-5-8-17(16)22-18;16-8-10(18)9-19-14-7-3-6-13-15(14)11-4-1-2-5-12(11)17-13/h4-10,13-15,21-23H,11-12H2,1-3H3;1-7,10,17-18H,8-9,16H2/t14?,15-;10-/m00/s1. The Hall–Kier alpha value is -4.08. The van der Waals surface area contributed by atoms with E-state index in [-0.39, 0.29) is 19.8 Å². The van der Waals surface area contributed by atoms with E-state index in [1.54, 1.807) is 0 Å². The maximum absolute atomic E-state index is 10.2. The maximum Gasteiger partial charge on any atom is 0.129 e. The molecule has 226 valence electrons. The molecule has 1 unspecified atom stereocenters. The summed E-state index contributed by atoms with van der Waals surface area (Å²) in [5.41, 5.74) is 9.63. The molecule has 0 aliphatic rings. The van der Waals surface area contributed by atoms with Crippen LogP contribution in [0.15, 0.2) is 84.9 Å². The van der Waals surface area contributed by atoms with Crippen LogP contribution in [0.25, 0.3) is 43.6 Å². The zero-order valence-corrected chi connectivity index (χ0v) is 25.0. The second-order valence-electron chi connectivity index (χ2n) is 11.3. The first-order valence-corrected chi connectivity index (χ1v) is 14.9. The lowest BCUT2D eigenvalue weighted by Gasteiger charge is -2.20. The number of rotatable bonds is 11. The molecule has 0 spiro atoms. The number of benzene rings is 4. The van der Waals surface area contributed by atoms with Crippen molar-refractivity contribution in [1.29, 1.82) is 0 Å². The predicted octanol–water partition coefficient (Wildman–Crippen LogP) is 5.71. The Morgan fingerprint density at radius 2 is 1.12 bits per heavy atom. The van der Waals surface area contributed by atoms with Crippen molar-refractivity contribution < 1.29 is 19.7 Å². The van der Waals surface area contributed by atoms with Crippen molar-refractivity contribution in [2.75, 3.05) is 26.3 Å². The zero-order valence-electron chi connectivity index (χ0n) is 25.0. The van der Waals surface area contributed by atoms with E-state index >= 15 is 0 Å². The third-order valence-corrected chi connectivity index (χ3v) is 7.79. The predicted molar refractivity (Wildman–Crippen MR) is 176 cm³/mol. The molecular weight excluding hydrogens is 540 g/mol. The van der Waals surface area contributed by atoms with Gasteiger partial charge in [0.05, 0.1) is 11.0 Å². The van der Waals surface area contributed by atoms with E-state index in [0.717, 1.165) is 55.1 Å². The topological polar surface area (TPSA) is 129 Å². The van der Waals surface area contributed by atoms with Gasteiger partial charge in [-0.05, 0) is 49.2 Å². The molecule has 0 aliphatic carbocycles. The molecule has 6 aromatic rings. The van der Waals surface area contributed by atoms with Crippen molar-refractivity contribution in [2.24, 2.45) is 11.7 Å². The molecule has 8 nitrogen and oxygen atoms in total. The number of ether oxygens (including phenoxy) is 2. The molecular formula is C35H42N4O4. The monoisotopic (exact) mass is 582 g/mol. The van der Waals surface area contributed by atoms with Gasteiger partial charge in [-0.15, -0.1) is 0 Å². The summed E-state index contributed by atoms with van der Waals surface area (Å²) < 4.78 is 11.6. The molecule has 0 saturated carbocycles. The second kappa shape index (κ2) is 13.9. The Kier molecular flexibility index (Phi) is 9.84. The van der Waals surface area contributed by atoms with E-state index in [4.69, 9.17) is 15.2 Å². The Bertz CT molecular complexity index is 1780. The lowest BCUT2D eigenvalue weighted by Crippen LogP contribution is -2.38. The molecule has 3 atom stereocenters. The number of nitrogens with two attached hydrogens (primary N) is 1. The number of aliphatic hydroxyl groups excluding tert-OH is 2. The molecule has 7 N–H and O–H groups in total. The highest BCUT2D eigenvalue weighted by molar-refractivity contribution is 6.11. The third-order valence-electron chi connectivity index (χ3n) is 7.79. The van der Waals surface area contributed by atoms with E-state index in [1.807, 2.05) is 66.7 Å². The van der Waals surface area contributed by atoms with Gasteiger partial charge in [-0.3, -0.25) is 0 Å². The summed E-state index contributed by atoms with van der Waals surface area (Å²) in [6.07, 6.45) is -1.17. The number of aromatic nitrogens is 2. The highest BCUT2D eigenvalue weighted by atomic mass is 16.5. The van der Waals surface area contributed by atoms with Crippen molar-refractivity contribution in [1.82, 2.24) is 15.3 Å². The molecule has 43 heavy (non-hydrogen) atoms. The van der Waals surface area contributed by atoms with Crippen molar-refractivity contribution >= 4 is 43.6 Å². The minimum atomic E-state index is -0.638. The summed E-state index contributed by atoms with van der Waals surface area (Å²) in [6, 6.07) is 28.5. The highest BCUT2D eigenvalue weighted by Gasteiger charge is 2.14. The molecule has 4 aromatic carbocycles. The van der Waals surface area contributed by atoms with Crippen molar-refractivity contribution in [3.63, 3.8) is 0 Å². The Balaban J connectivity index is 0.000000176. The summed E-state index contributed by atoms with van der Waals surface area (Å²) in [4.78, 5) is 6.76. The molecule has 8 heteroatoms. The largest absolute Gasteiger partial charge is 0.490 e. The van der Waals surface area contributed by atoms with Crippen LogP contribution in [0.4, 0.5) is 0 Å². The van der Waals surface area contributed by atoms with E-state index < -0.39 is 12.2 Å². The molecule has 0 aliphatic heterocycles. The van der Waals surface area contributed by atoms with Gasteiger partial charge in [0, 0.05) is 51.7 Å². The van der Waals surface area contributed by atoms with Crippen molar-refractivity contribution in [3.05, 3.63) is 84.9 Å². The van der Waals surface area contributed by atoms with Gasteiger partial charge in [0.2, 0.25) is 0 Å². The molecule has 2 aromatic heterocycles. The van der Waals surface area contributed by atoms with Crippen LogP contribution in [-0.4, -0.2) is 64.7 Å². The van der Waals surface area contributed by atoms with Crippen LogP contribution in [0, 0.1) is 5.92 Å². The van der Waals surface area contributed by atoms with Crippen molar-refractivity contribution in [2.45, 2.75) is 39.0 Å².